The van der Waals surface area contributed by atoms with Crippen LogP contribution in [0.5, 0.6) is 0 Å². The zero-order chi connectivity index (χ0) is 13.0. The number of amides is 1. The molecule has 2 unspecified atom stereocenters. The summed E-state index contributed by atoms with van der Waals surface area (Å²) in [6, 6.07) is 10.1. The van der Waals surface area contributed by atoms with Gasteiger partial charge in [-0.05, 0) is 30.9 Å². The van der Waals surface area contributed by atoms with Gasteiger partial charge in [0.2, 0.25) is 5.91 Å². The molecular formula is C15H22N2O. The van der Waals surface area contributed by atoms with Crippen molar-refractivity contribution < 1.29 is 4.79 Å². The third-order valence-corrected chi connectivity index (χ3v) is 3.84. The molecule has 0 aromatic heterocycles. The van der Waals surface area contributed by atoms with Crippen LogP contribution >= 0.6 is 0 Å². The summed E-state index contributed by atoms with van der Waals surface area (Å²) < 4.78 is 0. The molecule has 1 heterocycles. The van der Waals surface area contributed by atoms with Crippen molar-refractivity contribution in [1.82, 2.24) is 4.90 Å². The summed E-state index contributed by atoms with van der Waals surface area (Å²) in [5.41, 5.74) is 6.80. The summed E-state index contributed by atoms with van der Waals surface area (Å²) in [5, 5.41) is 0. The molecule has 1 aromatic carbocycles. The van der Waals surface area contributed by atoms with Crippen LogP contribution in [-0.4, -0.2) is 30.4 Å². The number of rotatable bonds is 4. The van der Waals surface area contributed by atoms with Gasteiger partial charge < -0.3 is 10.6 Å². The smallest absolute Gasteiger partial charge is 0.230 e. The third kappa shape index (κ3) is 2.72. The van der Waals surface area contributed by atoms with E-state index in [0.29, 0.717) is 12.5 Å². The molecular weight excluding hydrogens is 224 g/mol. The molecule has 1 aliphatic heterocycles. The van der Waals surface area contributed by atoms with Crippen LogP contribution in [0.25, 0.3) is 0 Å². The van der Waals surface area contributed by atoms with Gasteiger partial charge in [-0.3, -0.25) is 4.79 Å². The molecule has 1 aromatic rings. The van der Waals surface area contributed by atoms with E-state index < -0.39 is 0 Å². The van der Waals surface area contributed by atoms with Crippen molar-refractivity contribution >= 4 is 5.91 Å². The lowest BCUT2D eigenvalue weighted by molar-refractivity contribution is -0.132. The van der Waals surface area contributed by atoms with Crippen LogP contribution in [0.15, 0.2) is 30.3 Å². The average Bonchev–Trinajstić information content (AvgIpc) is 2.89. The van der Waals surface area contributed by atoms with Crippen molar-refractivity contribution in [3.05, 3.63) is 35.9 Å². The highest BCUT2D eigenvalue weighted by Crippen LogP contribution is 2.25. The molecule has 1 aliphatic rings. The van der Waals surface area contributed by atoms with Gasteiger partial charge >= 0.3 is 0 Å². The predicted octanol–water partition coefficient (Wildman–Crippen LogP) is 1.99. The Morgan fingerprint density at radius 3 is 2.72 bits per heavy atom. The maximum atomic E-state index is 12.5. The second-order valence-corrected chi connectivity index (χ2v) is 5.05. The SMILES string of the molecule is CCC(C(=O)N1CCC(CN)C1)c1ccccc1. The zero-order valence-corrected chi connectivity index (χ0v) is 11.0. The van der Waals surface area contributed by atoms with Crippen LogP contribution < -0.4 is 5.73 Å². The maximum Gasteiger partial charge on any atom is 0.230 e. The van der Waals surface area contributed by atoms with E-state index in [1.54, 1.807) is 0 Å². The first-order valence-corrected chi connectivity index (χ1v) is 6.80. The van der Waals surface area contributed by atoms with E-state index in [1.165, 1.54) is 0 Å². The Kier molecular flexibility index (Phi) is 4.37. The van der Waals surface area contributed by atoms with Crippen LogP contribution in [0.4, 0.5) is 0 Å². The minimum atomic E-state index is 0.00252. The second kappa shape index (κ2) is 6.01. The molecule has 3 nitrogen and oxygen atoms in total. The van der Waals surface area contributed by atoms with Crippen LogP contribution in [0.3, 0.4) is 0 Å². The van der Waals surface area contributed by atoms with Crippen molar-refractivity contribution in [3.8, 4) is 0 Å². The third-order valence-electron chi connectivity index (χ3n) is 3.84. The quantitative estimate of drug-likeness (QED) is 0.883. The maximum absolute atomic E-state index is 12.5. The topological polar surface area (TPSA) is 46.3 Å². The highest BCUT2D eigenvalue weighted by Gasteiger charge is 2.30. The average molecular weight is 246 g/mol. The van der Waals surface area contributed by atoms with E-state index in [-0.39, 0.29) is 11.8 Å². The molecule has 3 heteroatoms. The Morgan fingerprint density at radius 2 is 2.17 bits per heavy atom. The Balaban J connectivity index is 2.07. The standard InChI is InChI=1S/C15H22N2O/c1-2-14(13-6-4-3-5-7-13)15(18)17-9-8-12(10-16)11-17/h3-7,12,14H,2,8-11,16H2,1H3. The van der Waals surface area contributed by atoms with Gasteiger partial charge in [-0.15, -0.1) is 0 Å². The largest absolute Gasteiger partial charge is 0.342 e. The lowest BCUT2D eigenvalue weighted by atomic mass is 9.95. The molecule has 2 rings (SSSR count). The molecule has 0 spiro atoms. The van der Waals surface area contributed by atoms with Gasteiger partial charge in [-0.2, -0.15) is 0 Å². The Hall–Kier alpha value is -1.35. The van der Waals surface area contributed by atoms with Gasteiger partial charge in [0.25, 0.3) is 0 Å². The van der Waals surface area contributed by atoms with E-state index in [0.717, 1.165) is 31.5 Å². The van der Waals surface area contributed by atoms with Gasteiger partial charge in [-0.1, -0.05) is 37.3 Å². The van der Waals surface area contributed by atoms with Gasteiger partial charge in [0.1, 0.15) is 0 Å². The van der Waals surface area contributed by atoms with E-state index >= 15 is 0 Å². The normalized spacial score (nSPS) is 21.0. The zero-order valence-electron chi connectivity index (χ0n) is 11.0. The lowest BCUT2D eigenvalue weighted by Crippen LogP contribution is -2.33. The first-order chi connectivity index (χ1) is 8.76. The van der Waals surface area contributed by atoms with Crippen molar-refractivity contribution in [1.29, 1.82) is 0 Å². The number of likely N-dealkylation sites (tertiary alicyclic amines) is 1. The van der Waals surface area contributed by atoms with Crippen molar-refractivity contribution in [2.24, 2.45) is 11.7 Å². The molecule has 2 atom stereocenters. The summed E-state index contributed by atoms with van der Waals surface area (Å²) in [5.74, 6) is 0.754. The molecule has 0 aliphatic carbocycles. The molecule has 98 valence electrons. The summed E-state index contributed by atoms with van der Waals surface area (Å²) in [6.07, 6.45) is 1.90. The van der Waals surface area contributed by atoms with Crippen molar-refractivity contribution in [2.45, 2.75) is 25.7 Å². The minimum Gasteiger partial charge on any atom is -0.342 e. The number of hydrogen-bond donors (Lipinski definition) is 1. The predicted molar refractivity (Wildman–Crippen MR) is 73.2 cm³/mol. The molecule has 2 N–H and O–H groups in total. The van der Waals surface area contributed by atoms with Crippen LogP contribution in [0.2, 0.25) is 0 Å². The fraction of sp³-hybridized carbons (Fsp3) is 0.533. The highest BCUT2D eigenvalue weighted by molar-refractivity contribution is 5.84. The fourth-order valence-electron chi connectivity index (χ4n) is 2.68. The Labute approximate surface area is 109 Å². The number of hydrogen-bond acceptors (Lipinski definition) is 2. The number of carbonyl (C=O) groups is 1. The molecule has 18 heavy (non-hydrogen) atoms. The number of carbonyl (C=O) groups excluding carboxylic acids is 1. The van der Waals surface area contributed by atoms with Gasteiger partial charge in [-0.25, -0.2) is 0 Å². The summed E-state index contributed by atoms with van der Waals surface area (Å²) in [7, 11) is 0. The molecule has 1 fully saturated rings. The lowest BCUT2D eigenvalue weighted by Gasteiger charge is -2.23. The van der Waals surface area contributed by atoms with Gasteiger partial charge in [0, 0.05) is 13.1 Å². The van der Waals surface area contributed by atoms with Crippen molar-refractivity contribution in [3.63, 3.8) is 0 Å². The van der Waals surface area contributed by atoms with Crippen LogP contribution in [0.1, 0.15) is 31.2 Å². The number of nitrogens with two attached hydrogens (primary N) is 1. The molecule has 0 radical (unpaired) electrons. The molecule has 1 amide bonds. The second-order valence-electron chi connectivity index (χ2n) is 5.05. The minimum absolute atomic E-state index is 0.00252. The Morgan fingerprint density at radius 1 is 1.44 bits per heavy atom. The van der Waals surface area contributed by atoms with E-state index in [9.17, 15) is 4.79 Å². The first-order valence-electron chi connectivity index (χ1n) is 6.80. The molecule has 0 saturated carbocycles. The van der Waals surface area contributed by atoms with Crippen LogP contribution in [0, 0.1) is 5.92 Å². The fourth-order valence-corrected chi connectivity index (χ4v) is 2.68. The van der Waals surface area contributed by atoms with Gasteiger partial charge in [0.05, 0.1) is 5.92 Å². The van der Waals surface area contributed by atoms with E-state index in [1.807, 2.05) is 35.2 Å². The summed E-state index contributed by atoms with van der Waals surface area (Å²) in [4.78, 5) is 14.5. The first kappa shape index (κ1) is 13.1. The Bertz CT molecular complexity index is 391. The molecule has 1 saturated heterocycles. The summed E-state index contributed by atoms with van der Waals surface area (Å²) in [6.45, 7) is 4.46. The van der Waals surface area contributed by atoms with E-state index in [2.05, 4.69) is 6.92 Å². The monoisotopic (exact) mass is 246 g/mol. The number of benzene rings is 1. The van der Waals surface area contributed by atoms with Crippen LogP contribution in [-0.2, 0) is 4.79 Å². The molecule has 0 bridgehead atoms. The summed E-state index contributed by atoms with van der Waals surface area (Å²) >= 11 is 0. The highest BCUT2D eigenvalue weighted by atomic mass is 16.2. The number of nitrogens with zero attached hydrogens (tertiary/aromatic N) is 1. The van der Waals surface area contributed by atoms with Gasteiger partial charge in [0.15, 0.2) is 0 Å². The van der Waals surface area contributed by atoms with E-state index in [4.69, 9.17) is 5.73 Å². The van der Waals surface area contributed by atoms with Crippen molar-refractivity contribution in [2.75, 3.05) is 19.6 Å².